The molecular weight excluding hydrogens is 158 g/mol. The van der Waals surface area contributed by atoms with Crippen LogP contribution in [0.4, 0.5) is 5.69 Å². The molecule has 0 unspecified atom stereocenters. The molecule has 0 spiro atoms. The smallest absolute Gasteiger partial charge is 0.0342 e. The molecular formula is C12H19N. The molecule has 0 aliphatic rings. The Morgan fingerprint density at radius 3 is 2.77 bits per heavy atom. The van der Waals surface area contributed by atoms with Gasteiger partial charge >= 0.3 is 0 Å². The molecule has 13 heavy (non-hydrogen) atoms. The van der Waals surface area contributed by atoms with Crippen LogP contribution in [-0.4, -0.2) is 6.54 Å². The molecule has 1 aromatic rings. The maximum atomic E-state index is 3.32. The number of nitrogens with one attached hydrogen (secondary N) is 1. The molecule has 0 amide bonds. The predicted octanol–water partition coefficient (Wildman–Crippen LogP) is 3.46. The highest BCUT2D eigenvalue weighted by atomic mass is 14.8. The Kier molecular flexibility index (Phi) is 4.37. The lowest BCUT2D eigenvalue weighted by atomic mass is 10.1. The summed E-state index contributed by atoms with van der Waals surface area (Å²) in [5, 5.41) is 3.32. The van der Waals surface area contributed by atoms with Crippen molar-refractivity contribution in [3.05, 3.63) is 29.8 Å². The van der Waals surface area contributed by atoms with E-state index in [4.69, 9.17) is 0 Å². The highest BCUT2D eigenvalue weighted by Gasteiger charge is 1.93. The first-order chi connectivity index (χ1) is 6.36. The highest BCUT2D eigenvalue weighted by molar-refractivity contribution is 5.45. The highest BCUT2D eigenvalue weighted by Crippen LogP contribution is 2.12. The Labute approximate surface area is 81.2 Å². The van der Waals surface area contributed by atoms with Crippen molar-refractivity contribution >= 4 is 5.69 Å². The van der Waals surface area contributed by atoms with E-state index in [1.807, 2.05) is 0 Å². The number of unbranched alkanes of at least 4 members (excludes halogenated alkanes) is 1. The molecule has 1 N–H and O–H groups in total. The Hall–Kier alpha value is -0.980. The third kappa shape index (κ3) is 3.49. The average molecular weight is 177 g/mol. The summed E-state index contributed by atoms with van der Waals surface area (Å²) in [6.07, 6.45) is 3.76. The Morgan fingerprint density at radius 1 is 1.23 bits per heavy atom. The summed E-state index contributed by atoms with van der Waals surface area (Å²) in [5.41, 5.74) is 2.69. The molecule has 0 fully saturated rings. The van der Waals surface area contributed by atoms with E-state index in [2.05, 4.69) is 43.4 Å². The number of hydrogen-bond donors (Lipinski definition) is 1. The van der Waals surface area contributed by atoms with Crippen molar-refractivity contribution < 1.29 is 0 Å². The SMILES string of the molecule is CCCCc1cccc(NCC)c1. The van der Waals surface area contributed by atoms with Gasteiger partial charge in [-0.15, -0.1) is 0 Å². The summed E-state index contributed by atoms with van der Waals surface area (Å²) >= 11 is 0. The van der Waals surface area contributed by atoms with E-state index in [0.717, 1.165) is 6.54 Å². The van der Waals surface area contributed by atoms with Gasteiger partial charge in [-0.25, -0.2) is 0 Å². The fourth-order valence-electron chi connectivity index (χ4n) is 1.42. The molecule has 0 saturated carbocycles. The molecule has 1 rings (SSSR count). The lowest BCUT2D eigenvalue weighted by Crippen LogP contribution is -1.96. The minimum atomic E-state index is 0.997. The van der Waals surface area contributed by atoms with Crippen molar-refractivity contribution in [3.8, 4) is 0 Å². The number of anilines is 1. The van der Waals surface area contributed by atoms with Crippen molar-refractivity contribution in [3.63, 3.8) is 0 Å². The minimum Gasteiger partial charge on any atom is -0.385 e. The van der Waals surface area contributed by atoms with Crippen molar-refractivity contribution in [1.82, 2.24) is 0 Å². The summed E-state index contributed by atoms with van der Waals surface area (Å²) in [5.74, 6) is 0. The van der Waals surface area contributed by atoms with Crippen LogP contribution in [0.15, 0.2) is 24.3 Å². The number of hydrogen-bond acceptors (Lipinski definition) is 1. The van der Waals surface area contributed by atoms with Crippen LogP contribution in [0.3, 0.4) is 0 Å². The molecule has 1 nitrogen and oxygen atoms in total. The largest absolute Gasteiger partial charge is 0.385 e. The van der Waals surface area contributed by atoms with Gasteiger partial charge in [-0.05, 0) is 37.5 Å². The molecule has 0 radical (unpaired) electrons. The normalized spacial score (nSPS) is 10.0. The van der Waals surface area contributed by atoms with Gasteiger partial charge in [-0.2, -0.15) is 0 Å². The lowest BCUT2D eigenvalue weighted by Gasteiger charge is -2.05. The van der Waals surface area contributed by atoms with Crippen LogP contribution < -0.4 is 5.32 Å². The first-order valence-electron chi connectivity index (χ1n) is 5.19. The zero-order valence-corrected chi connectivity index (χ0v) is 8.64. The van der Waals surface area contributed by atoms with E-state index < -0.39 is 0 Å². The van der Waals surface area contributed by atoms with Gasteiger partial charge in [-0.1, -0.05) is 25.5 Å². The third-order valence-electron chi connectivity index (χ3n) is 2.13. The topological polar surface area (TPSA) is 12.0 Å². The van der Waals surface area contributed by atoms with Crippen LogP contribution in [0.1, 0.15) is 32.3 Å². The zero-order valence-electron chi connectivity index (χ0n) is 8.64. The monoisotopic (exact) mass is 177 g/mol. The molecule has 0 aliphatic carbocycles. The summed E-state index contributed by atoms with van der Waals surface area (Å²) in [6, 6.07) is 8.71. The second-order valence-corrected chi connectivity index (χ2v) is 3.33. The maximum Gasteiger partial charge on any atom is 0.0342 e. The summed E-state index contributed by atoms with van der Waals surface area (Å²) < 4.78 is 0. The summed E-state index contributed by atoms with van der Waals surface area (Å²) in [6.45, 7) is 5.35. The van der Waals surface area contributed by atoms with Gasteiger partial charge < -0.3 is 5.32 Å². The third-order valence-corrected chi connectivity index (χ3v) is 2.13. The van der Waals surface area contributed by atoms with E-state index in [1.165, 1.54) is 30.5 Å². The fraction of sp³-hybridized carbons (Fsp3) is 0.500. The lowest BCUT2D eigenvalue weighted by molar-refractivity contribution is 0.795. The van der Waals surface area contributed by atoms with Gasteiger partial charge in [0.25, 0.3) is 0 Å². The molecule has 0 heterocycles. The summed E-state index contributed by atoms with van der Waals surface area (Å²) in [4.78, 5) is 0. The van der Waals surface area contributed by atoms with E-state index in [9.17, 15) is 0 Å². The Bertz CT molecular complexity index is 243. The minimum absolute atomic E-state index is 0.997. The van der Waals surface area contributed by atoms with Crippen LogP contribution in [0, 0.1) is 0 Å². The van der Waals surface area contributed by atoms with Crippen LogP contribution >= 0.6 is 0 Å². The standard InChI is InChI=1S/C12H19N/c1-3-5-7-11-8-6-9-12(10-11)13-4-2/h6,8-10,13H,3-5,7H2,1-2H3. The fourth-order valence-corrected chi connectivity index (χ4v) is 1.42. The van der Waals surface area contributed by atoms with Gasteiger partial charge in [-0.3, -0.25) is 0 Å². The van der Waals surface area contributed by atoms with Crippen molar-refractivity contribution in [2.45, 2.75) is 33.1 Å². The molecule has 0 saturated heterocycles. The molecule has 0 atom stereocenters. The molecule has 72 valence electrons. The van der Waals surface area contributed by atoms with E-state index >= 15 is 0 Å². The number of benzene rings is 1. The second kappa shape index (κ2) is 5.63. The quantitative estimate of drug-likeness (QED) is 0.726. The van der Waals surface area contributed by atoms with E-state index in [0.29, 0.717) is 0 Å². The van der Waals surface area contributed by atoms with Gasteiger partial charge in [0, 0.05) is 12.2 Å². The van der Waals surface area contributed by atoms with Gasteiger partial charge in [0.2, 0.25) is 0 Å². The van der Waals surface area contributed by atoms with Crippen LogP contribution in [0.5, 0.6) is 0 Å². The first-order valence-corrected chi connectivity index (χ1v) is 5.19. The average Bonchev–Trinajstić information content (AvgIpc) is 2.16. The van der Waals surface area contributed by atoms with Crippen molar-refractivity contribution in [2.24, 2.45) is 0 Å². The number of aryl methyl sites for hydroxylation is 1. The van der Waals surface area contributed by atoms with Gasteiger partial charge in [0.05, 0.1) is 0 Å². The molecule has 0 aromatic heterocycles. The number of rotatable bonds is 5. The summed E-state index contributed by atoms with van der Waals surface area (Å²) in [7, 11) is 0. The molecule has 0 aliphatic heterocycles. The van der Waals surface area contributed by atoms with Crippen LogP contribution in [0.2, 0.25) is 0 Å². The van der Waals surface area contributed by atoms with Gasteiger partial charge in [0.15, 0.2) is 0 Å². The first kappa shape index (κ1) is 10.1. The molecule has 1 heteroatoms. The second-order valence-electron chi connectivity index (χ2n) is 3.33. The molecule has 1 aromatic carbocycles. The Balaban J connectivity index is 2.56. The van der Waals surface area contributed by atoms with Crippen LogP contribution in [-0.2, 0) is 6.42 Å². The Morgan fingerprint density at radius 2 is 2.08 bits per heavy atom. The molecule has 0 bridgehead atoms. The predicted molar refractivity (Wildman–Crippen MR) is 59.2 cm³/mol. The van der Waals surface area contributed by atoms with Crippen molar-refractivity contribution in [2.75, 3.05) is 11.9 Å². The zero-order chi connectivity index (χ0) is 9.52. The van der Waals surface area contributed by atoms with Crippen LogP contribution in [0.25, 0.3) is 0 Å². The van der Waals surface area contributed by atoms with E-state index in [1.54, 1.807) is 0 Å². The van der Waals surface area contributed by atoms with E-state index in [-0.39, 0.29) is 0 Å². The van der Waals surface area contributed by atoms with Gasteiger partial charge in [0.1, 0.15) is 0 Å². The van der Waals surface area contributed by atoms with Crippen molar-refractivity contribution in [1.29, 1.82) is 0 Å². The maximum absolute atomic E-state index is 3.32.